The van der Waals surface area contributed by atoms with Crippen LogP contribution in [0.2, 0.25) is 0 Å². The maximum Gasteiger partial charge on any atom is 0.416 e. The van der Waals surface area contributed by atoms with E-state index in [0.29, 0.717) is 6.04 Å². The van der Waals surface area contributed by atoms with Crippen LogP contribution in [0.3, 0.4) is 0 Å². The van der Waals surface area contributed by atoms with Crippen molar-refractivity contribution in [2.75, 3.05) is 11.4 Å². The molecular weight excluding hydrogens is 227 g/mol. The summed E-state index contributed by atoms with van der Waals surface area (Å²) in [6.45, 7) is 5.05. The van der Waals surface area contributed by atoms with E-state index in [-0.39, 0.29) is 0 Å². The highest BCUT2D eigenvalue weighted by Gasteiger charge is 2.32. The molecule has 1 aromatic rings. The molecule has 17 heavy (non-hydrogen) atoms. The zero-order valence-corrected chi connectivity index (χ0v) is 10.0. The van der Waals surface area contributed by atoms with Gasteiger partial charge >= 0.3 is 6.18 Å². The van der Waals surface area contributed by atoms with E-state index in [1.807, 2.05) is 0 Å². The molecule has 1 aliphatic rings. The number of alkyl halides is 3. The molecule has 0 atom stereocenters. The van der Waals surface area contributed by atoms with Gasteiger partial charge in [0.2, 0.25) is 0 Å². The van der Waals surface area contributed by atoms with Crippen LogP contribution in [0.15, 0.2) is 18.2 Å². The summed E-state index contributed by atoms with van der Waals surface area (Å²) in [6.07, 6.45) is -2.58. The minimum absolute atomic E-state index is 0.325. The number of rotatable bonds is 1. The van der Waals surface area contributed by atoms with Gasteiger partial charge in [-0.05, 0) is 50.5 Å². The fourth-order valence-electron chi connectivity index (χ4n) is 2.34. The average Bonchev–Trinajstić information content (AvgIpc) is 2.26. The second-order valence-electron chi connectivity index (χ2n) is 4.73. The largest absolute Gasteiger partial charge is 0.416 e. The van der Waals surface area contributed by atoms with Crippen molar-refractivity contribution in [3.8, 4) is 0 Å². The summed E-state index contributed by atoms with van der Waals surface area (Å²) in [4.78, 5) is 2.17. The average molecular weight is 243 g/mol. The van der Waals surface area contributed by atoms with Crippen molar-refractivity contribution in [2.24, 2.45) is 0 Å². The lowest BCUT2D eigenvalue weighted by molar-refractivity contribution is -0.137. The third-order valence-electron chi connectivity index (χ3n) is 3.18. The first-order valence-electron chi connectivity index (χ1n) is 5.86. The van der Waals surface area contributed by atoms with E-state index in [1.54, 1.807) is 6.07 Å². The van der Waals surface area contributed by atoms with Crippen LogP contribution in [0, 0.1) is 0 Å². The van der Waals surface area contributed by atoms with E-state index in [0.717, 1.165) is 30.6 Å². The summed E-state index contributed by atoms with van der Waals surface area (Å²) in [7, 11) is 0. The molecule has 0 N–H and O–H groups in total. The predicted octanol–water partition coefficient (Wildman–Crippen LogP) is 3.87. The van der Waals surface area contributed by atoms with Crippen molar-refractivity contribution in [1.82, 2.24) is 0 Å². The number of hydrogen-bond acceptors (Lipinski definition) is 1. The smallest absolute Gasteiger partial charge is 0.369 e. The summed E-state index contributed by atoms with van der Waals surface area (Å²) in [5, 5.41) is 0. The first-order chi connectivity index (χ1) is 7.89. The number of fused-ring (bicyclic) bond motifs is 1. The summed E-state index contributed by atoms with van der Waals surface area (Å²) in [5.74, 6) is 0. The van der Waals surface area contributed by atoms with Gasteiger partial charge in [0.25, 0.3) is 0 Å². The third-order valence-corrected chi connectivity index (χ3v) is 3.18. The van der Waals surface area contributed by atoms with Gasteiger partial charge in [-0.3, -0.25) is 0 Å². The van der Waals surface area contributed by atoms with Crippen LogP contribution in [0.1, 0.15) is 31.4 Å². The molecule has 0 aliphatic carbocycles. The summed E-state index contributed by atoms with van der Waals surface area (Å²) < 4.78 is 37.8. The fraction of sp³-hybridized carbons (Fsp3) is 0.538. The molecule has 94 valence electrons. The van der Waals surface area contributed by atoms with E-state index in [1.165, 1.54) is 12.1 Å². The second kappa shape index (κ2) is 4.24. The molecule has 0 spiro atoms. The lowest BCUT2D eigenvalue weighted by Crippen LogP contribution is -2.35. The Morgan fingerprint density at radius 3 is 2.53 bits per heavy atom. The number of anilines is 1. The number of benzene rings is 1. The van der Waals surface area contributed by atoms with Gasteiger partial charge in [-0.2, -0.15) is 13.2 Å². The van der Waals surface area contributed by atoms with Crippen molar-refractivity contribution in [2.45, 2.75) is 38.9 Å². The molecule has 1 heterocycles. The summed E-state index contributed by atoms with van der Waals surface area (Å²) in [6, 6.07) is 4.41. The molecule has 4 heteroatoms. The molecule has 2 rings (SSSR count). The molecule has 0 radical (unpaired) electrons. The van der Waals surface area contributed by atoms with E-state index < -0.39 is 11.7 Å². The monoisotopic (exact) mass is 243 g/mol. The van der Waals surface area contributed by atoms with E-state index in [2.05, 4.69) is 18.7 Å². The second-order valence-corrected chi connectivity index (χ2v) is 4.73. The first kappa shape index (κ1) is 12.3. The molecule has 0 amide bonds. The fourth-order valence-corrected chi connectivity index (χ4v) is 2.34. The summed E-state index contributed by atoms with van der Waals surface area (Å²) in [5.41, 5.74) is 1.24. The van der Waals surface area contributed by atoms with Gasteiger partial charge in [0.1, 0.15) is 0 Å². The molecule has 0 saturated carbocycles. The Morgan fingerprint density at radius 1 is 1.24 bits per heavy atom. The normalized spacial score (nSPS) is 16.2. The maximum atomic E-state index is 12.6. The lowest BCUT2D eigenvalue weighted by Gasteiger charge is -2.35. The first-order valence-corrected chi connectivity index (χ1v) is 5.86. The molecule has 0 saturated heterocycles. The minimum Gasteiger partial charge on any atom is -0.369 e. The maximum absolute atomic E-state index is 12.6. The molecular formula is C13H16F3N. The molecule has 0 unspecified atom stereocenters. The zero-order chi connectivity index (χ0) is 12.6. The molecule has 1 nitrogen and oxygen atoms in total. The Labute approximate surface area is 99.2 Å². The van der Waals surface area contributed by atoms with Crippen molar-refractivity contribution in [3.05, 3.63) is 29.3 Å². The van der Waals surface area contributed by atoms with Crippen LogP contribution in [0.25, 0.3) is 0 Å². The van der Waals surface area contributed by atoms with Gasteiger partial charge < -0.3 is 4.90 Å². The van der Waals surface area contributed by atoms with Gasteiger partial charge in [-0.15, -0.1) is 0 Å². The third kappa shape index (κ3) is 2.40. The van der Waals surface area contributed by atoms with Crippen molar-refractivity contribution in [1.29, 1.82) is 0 Å². The van der Waals surface area contributed by atoms with Crippen molar-refractivity contribution in [3.63, 3.8) is 0 Å². The number of halogens is 3. The Hall–Kier alpha value is -1.19. The zero-order valence-electron chi connectivity index (χ0n) is 10.0. The van der Waals surface area contributed by atoms with Gasteiger partial charge in [-0.25, -0.2) is 0 Å². The van der Waals surface area contributed by atoms with Crippen molar-refractivity contribution >= 4 is 5.69 Å². The van der Waals surface area contributed by atoms with Crippen LogP contribution < -0.4 is 4.90 Å². The molecule has 0 bridgehead atoms. The Kier molecular flexibility index (Phi) is 3.06. The van der Waals surface area contributed by atoms with Crippen molar-refractivity contribution < 1.29 is 13.2 Å². The highest BCUT2D eigenvalue weighted by molar-refractivity contribution is 5.57. The highest BCUT2D eigenvalue weighted by atomic mass is 19.4. The van der Waals surface area contributed by atoms with E-state index >= 15 is 0 Å². The van der Waals surface area contributed by atoms with Gasteiger partial charge in [0.15, 0.2) is 0 Å². The Morgan fingerprint density at radius 2 is 1.94 bits per heavy atom. The lowest BCUT2D eigenvalue weighted by atomic mass is 9.98. The number of hydrogen-bond donors (Lipinski definition) is 0. The van der Waals surface area contributed by atoms with Crippen LogP contribution in [-0.4, -0.2) is 12.6 Å². The minimum atomic E-state index is -4.24. The van der Waals surface area contributed by atoms with Crippen LogP contribution in [-0.2, 0) is 12.6 Å². The van der Waals surface area contributed by atoms with E-state index in [9.17, 15) is 13.2 Å². The van der Waals surface area contributed by atoms with Gasteiger partial charge in [0, 0.05) is 18.3 Å². The number of aryl methyl sites for hydroxylation is 1. The molecule has 1 aliphatic heterocycles. The SMILES string of the molecule is CC(C)N1CCCc2cc(C(F)(F)F)ccc21. The Bertz CT molecular complexity index is 410. The number of nitrogens with zero attached hydrogens (tertiary/aromatic N) is 1. The molecule has 1 aromatic carbocycles. The van der Waals surface area contributed by atoms with Crippen LogP contribution >= 0.6 is 0 Å². The quantitative estimate of drug-likeness (QED) is 0.723. The van der Waals surface area contributed by atoms with Gasteiger partial charge in [-0.1, -0.05) is 0 Å². The molecule has 0 fully saturated rings. The van der Waals surface area contributed by atoms with E-state index in [4.69, 9.17) is 0 Å². The topological polar surface area (TPSA) is 3.24 Å². The van der Waals surface area contributed by atoms with Crippen LogP contribution in [0.4, 0.5) is 18.9 Å². The summed E-state index contributed by atoms with van der Waals surface area (Å²) >= 11 is 0. The van der Waals surface area contributed by atoms with Gasteiger partial charge in [0.05, 0.1) is 5.56 Å². The Balaban J connectivity index is 2.40. The molecule has 0 aromatic heterocycles. The standard InChI is InChI=1S/C13H16F3N/c1-9(2)17-7-3-4-10-8-11(13(14,15)16)5-6-12(10)17/h5-6,8-9H,3-4,7H2,1-2H3. The predicted molar refractivity (Wildman–Crippen MR) is 62.2 cm³/mol. The highest BCUT2D eigenvalue weighted by Crippen LogP contribution is 2.35. The van der Waals surface area contributed by atoms with Crippen LogP contribution in [0.5, 0.6) is 0 Å².